The lowest BCUT2D eigenvalue weighted by molar-refractivity contribution is 0.0470. The minimum atomic E-state index is 0.173. The minimum Gasteiger partial charge on any atom is -0.507 e. The molecular weight excluding hydrogens is 350 g/mol. The van der Waals surface area contributed by atoms with E-state index < -0.39 is 0 Å². The van der Waals surface area contributed by atoms with Gasteiger partial charge in [-0.25, -0.2) is 0 Å². The third kappa shape index (κ3) is 2.96. The van der Waals surface area contributed by atoms with Crippen molar-refractivity contribution < 1.29 is 5.11 Å². The van der Waals surface area contributed by atoms with Gasteiger partial charge < -0.3 is 21.5 Å². The number of hydrogen-bond acceptors (Lipinski definition) is 6. The van der Waals surface area contributed by atoms with Crippen molar-refractivity contribution in [2.75, 3.05) is 24.1 Å². The minimum absolute atomic E-state index is 0.173. The summed E-state index contributed by atoms with van der Waals surface area (Å²) in [6.07, 6.45) is 2.49. The quantitative estimate of drug-likeness (QED) is 0.561. The van der Waals surface area contributed by atoms with Crippen LogP contribution in [0.5, 0.6) is 5.75 Å². The molecule has 2 fully saturated rings. The van der Waals surface area contributed by atoms with Crippen molar-refractivity contribution in [3.63, 3.8) is 0 Å². The maximum atomic E-state index is 10.1. The summed E-state index contributed by atoms with van der Waals surface area (Å²) in [4.78, 5) is 0. The van der Waals surface area contributed by atoms with Gasteiger partial charge >= 0.3 is 0 Å². The Morgan fingerprint density at radius 2 is 1.75 bits per heavy atom. The molecule has 2 aromatic carbocycles. The normalized spacial score (nSPS) is 17.7. The van der Waals surface area contributed by atoms with Crippen LogP contribution < -0.4 is 16.4 Å². The van der Waals surface area contributed by atoms with E-state index in [9.17, 15) is 5.11 Å². The number of phenolic OH excluding ortho intramolecular Hbond substituents is 1. The summed E-state index contributed by atoms with van der Waals surface area (Å²) in [5, 5.41) is 25.3. The lowest BCUT2D eigenvalue weighted by Crippen LogP contribution is -2.63. The molecule has 2 heterocycles. The molecule has 1 aromatic heterocycles. The van der Waals surface area contributed by atoms with E-state index in [1.807, 2.05) is 30.3 Å². The number of phenols is 1. The maximum Gasteiger partial charge on any atom is 0.154 e. The van der Waals surface area contributed by atoms with Gasteiger partial charge in [-0.05, 0) is 54.2 Å². The SMILES string of the molecule is Nc1nnc(-c2ccccc2O)cc1-c1ccc(NC2CC3(CNC3)C2)cc1. The second-order valence-electron chi connectivity index (χ2n) is 7.98. The molecule has 3 aromatic rings. The van der Waals surface area contributed by atoms with E-state index in [0.29, 0.717) is 28.5 Å². The predicted molar refractivity (Wildman–Crippen MR) is 111 cm³/mol. The van der Waals surface area contributed by atoms with E-state index in [4.69, 9.17) is 5.73 Å². The molecule has 1 aliphatic carbocycles. The van der Waals surface area contributed by atoms with Crippen molar-refractivity contribution in [3.05, 3.63) is 54.6 Å². The smallest absolute Gasteiger partial charge is 0.154 e. The second kappa shape index (κ2) is 6.49. The first-order valence-electron chi connectivity index (χ1n) is 9.61. The topological polar surface area (TPSA) is 96.1 Å². The van der Waals surface area contributed by atoms with Crippen molar-refractivity contribution in [2.45, 2.75) is 18.9 Å². The highest BCUT2D eigenvalue weighted by atomic mass is 16.3. The van der Waals surface area contributed by atoms with Gasteiger partial charge in [-0.15, -0.1) is 10.2 Å². The van der Waals surface area contributed by atoms with Gasteiger partial charge in [0.1, 0.15) is 5.75 Å². The first kappa shape index (κ1) is 17.0. The lowest BCUT2D eigenvalue weighted by atomic mass is 9.61. The van der Waals surface area contributed by atoms with Crippen LogP contribution in [0.1, 0.15) is 12.8 Å². The Hall–Kier alpha value is -3.12. The summed E-state index contributed by atoms with van der Waals surface area (Å²) in [7, 11) is 0. The van der Waals surface area contributed by atoms with Crippen LogP contribution in [-0.4, -0.2) is 34.4 Å². The van der Waals surface area contributed by atoms with Crippen molar-refractivity contribution in [1.82, 2.24) is 15.5 Å². The van der Waals surface area contributed by atoms with Crippen molar-refractivity contribution in [1.29, 1.82) is 0 Å². The monoisotopic (exact) mass is 373 g/mol. The zero-order valence-corrected chi connectivity index (χ0v) is 15.5. The summed E-state index contributed by atoms with van der Waals surface area (Å²) >= 11 is 0. The largest absolute Gasteiger partial charge is 0.507 e. The predicted octanol–water partition coefficient (Wildman–Crippen LogP) is 3.26. The van der Waals surface area contributed by atoms with Gasteiger partial charge in [-0.2, -0.15) is 0 Å². The van der Waals surface area contributed by atoms with Crippen molar-refractivity contribution in [3.8, 4) is 28.1 Å². The van der Waals surface area contributed by atoms with E-state index in [-0.39, 0.29) is 5.75 Å². The highest BCUT2D eigenvalue weighted by molar-refractivity contribution is 5.79. The molecule has 1 spiro atoms. The number of nitrogens with two attached hydrogens (primary N) is 1. The Morgan fingerprint density at radius 3 is 2.43 bits per heavy atom. The standard InChI is InChI=1S/C22H23N5O/c23-21-18(9-19(26-27-21)17-3-1-2-4-20(17)28)14-5-7-15(8-6-14)25-16-10-22(11-16)12-24-13-22/h1-9,16,24-25,28H,10-13H2,(H2,23,27). The number of aromatic nitrogens is 2. The number of nitrogens with one attached hydrogen (secondary N) is 2. The van der Waals surface area contributed by atoms with Gasteiger partial charge in [-0.3, -0.25) is 0 Å². The summed E-state index contributed by atoms with van der Waals surface area (Å²) in [5.74, 6) is 0.547. The molecule has 1 saturated carbocycles. The molecule has 0 atom stereocenters. The Kier molecular flexibility index (Phi) is 3.94. The molecule has 0 bridgehead atoms. The number of nitrogens with zero attached hydrogens (tertiary/aromatic N) is 2. The Morgan fingerprint density at radius 1 is 1.00 bits per heavy atom. The number of nitrogen functional groups attached to an aromatic ring is 1. The molecule has 1 saturated heterocycles. The van der Waals surface area contributed by atoms with Crippen LogP contribution in [0.15, 0.2) is 54.6 Å². The van der Waals surface area contributed by atoms with Crippen LogP contribution in [0, 0.1) is 5.41 Å². The van der Waals surface area contributed by atoms with Crippen LogP contribution in [0.25, 0.3) is 22.4 Å². The zero-order chi connectivity index (χ0) is 19.1. The number of aromatic hydroxyl groups is 1. The highest BCUT2D eigenvalue weighted by Crippen LogP contribution is 2.45. The van der Waals surface area contributed by atoms with Gasteiger partial charge in [0.05, 0.1) is 5.69 Å². The van der Waals surface area contributed by atoms with Gasteiger partial charge in [0.25, 0.3) is 0 Å². The molecule has 5 N–H and O–H groups in total. The van der Waals surface area contributed by atoms with E-state index in [1.165, 1.54) is 12.8 Å². The van der Waals surface area contributed by atoms with Crippen molar-refractivity contribution in [2.24, 2.45) is 5.41 Å². The first-order chi connectivity index (χ1) is 13.6. The Bertz CT molecular complexity index is 1010. The van der Waals surface area contributed by atoms with E-state index in [2.05, 4.69) is 33.0 Å². The van der Waals surface area contributed by atoms with Crippen LogP contribution in [-0.2, 0) is 0 Å². The van der Waals surface area contributed by atoms with Crippen molar-refractivity contribution >= 4 is 11.5 Å². The van der Waals surface area contributed by atoms with Gasteiger partial charge in [-0.1, -0.05) is 24.3 Å². The summed E-state index contributed by atoms with van der Waals surface area (Å²) in [6, 6.07) is 17.8. The molecule has 6 nitrogen and oxygen atoms in total. The summed E-state index contributed by atoms with van der Waals surface area (Å²) in [6.45, 7) is 2.33. The van der Waals surface area contributed by atoms with Crippen LogP contribution in [0.3, 0.4) is 0 Å². The molecule has 5 rings (SSSR count). The van der Waals surface area contributed by atoms with Gasteiger partial charge in [0.2, 0.25) is 0 Å². The van der Waals surface area contributed by atoms with Gasteiger partial charge in [0, 0.05) is 35.9 Å². The van der Waals surface area contributed by atoms with Gasteiger partial charge in [0.15, 0.2) is 5.82 Å². The molecule has 2 aliphatic rings. The number of hydrogen-bond donors (Lipinski definition) is 4. The molecule has 1 aliphatic heterocycles. The maximum absolute atomic E-state index is 10.1. The number of anilines is 2. The summed E-state index contributed by atoms with van der Waals surface area (Å²) in [5.41, 5.74) is 10.8. The molecule has 0 radical (unpaired) electrons. The lowest BCUT2D eigenvalue weighted by Gasteiger charge is -2.54. The Balaban J connectivity index is 1.35. The third-order valence-electron chi connectivity index (χ3n) is 5.93. The fourth-order valence-electron chi connectivity index (χ4n) is 4.29. The zero-order valence-electron chi connectivity index (χ0n) is 15.5. The average molecular weight is 373 g/mol. The van der Waals surface area contributed by atoms with Crippen LogP contribution in [0.2, 0.25) is 0 Å². The average Bonchev–Trinajstić information content (AvgIpc) is 2.64. The van der Waals surface area contributed by atoms with E-state index in [1.54, 1.807) is 12.1 Å². The fraction of sp³-hybridized carbons (Fsp3) is 0.273. The first-order valence-corrected chi connectivity index (χ1v) is 9.61. The fourth-order valence-corrected chi connectivity index (χ4v) is 4.29. The molecule has 0 unspecified atom stereocenters. The summed E-state index contributed by atoms with van der Waals surface area (Å²) < 4.78 is 0. The van der Waals surface area contributed by atoms with Crippen LogP contribution >= 0.6 is 0 Å². The molecular formula is C22H23N5O. The molecule has 6 heteroatoms. The molecule has 142 valence electrons. The molecule has 0 amide bonds. The van der Waals surface area contributed by atoms with E-state index >= 15 is 0 Å². The third-order valence-corrected chi connectivity index (χ3v) is 5.93. The number of benzene rings is 2. The highest BCUT2D eigenvalue weighted by Gasteiger charge is 2.48. The Labute approximate surface area is 163 Å². The molecule has 28 heavy (non-hydrogen) atoms. The second-order valence-corrected chi connectivity index (χ2v) is 7.98. The number of rotatable bonds is 4. The van der Waals surface area contributed by atoms with Crippen LogP contribution in [0.4, 0.5) is 11.5 Å². The number of para-hydroxylation sites is 1. The van der Waals surface area contributed by atoms with E-state index in [0.717, 1.165) is 29.9 Å².